The van der Waals surface area contributed by atoms with E-state index in [-0.39, 0.29) is 22.0 Å². The number of nitrogens with one attached hydrogen (secondary N) is 1. The molecule has 1 rings (SSSR count). The zero-order valence-electron chi connectivity index (χ0n) is 8.85. The van der Waals surface area contributed by atoms with E-state index in [1.165, 1.54) is 12.1 Å². The van der Waals surface area contributed by atoms with Crippen LogP contribution in [0.2, 0.25) is 0 Å². The Balaban J connectivity index is -0.0000000761. The zero-order chi connectivity index (χ0) is 7.98. The van der Waals surface area contributed by atoms with Crippen molar-refractivity contribution >= 4 is 8.41 Å². The zero-order valence-corrected chi connectivity index (χ0v) is 8.85. The van der Waals surface area contributed by atoms with E-state index >= 15 is 0 Å². The molecule has 2 nitrogen and oxygen atoms in total. The molecule has 79 valence electrons. The predicted octanol–water partition coefficient (Wildman–Crippen LogP) is 2.96. The molecule has 0 aromatic heterocycles. The molecule has 0 saturated heterocycles. The van der Waals surface area contributed by atoms with Crippen LogP contribution in [0.1, 0.15) is 41.5 Å². The first-order valence-corrected chi connectivity index (χ1v) is 4.24. The maximum atomic E-state index is 3.32. The molecule has 0 fully saturated rings. The van der Waals surface area contributed by atoms with Gasteiger partial charge in [-0.05, 0) is 12.3 Å². The molecule has 3 radical (unpaired) electrons. The Labute approximate surface area is 86.3 Å². The van der Waals surface area contributed by atoms with Crippen LogP contribution < -0.4 is 11.5 Å². The lowest BCUT2D eigenvalue weighted by Crippen LogP contribution is -2.11. The highest BCUT2D eigenvalue weighted by molar-refractivity contribution is 5.75. The van der Waals surface area contributed by atoms with Gasteiger partial charge in [0.1, 0.15) is 0 Å². The van der Waals surface area contributed by atoms with E-state index in [9.17, 15) is 0 Å². The molecule has 0 amide bonds. The topological polar surface area (TPSA) is 47.0 Å². The first-order valence-electron chi connectivity index (χ1n) is 4.24. The van der Waals surface area contributed by atoms with Crippen LogP contribution in [0.4, 0.5) is 0 Å². The molecule has 0 bridgehead atoms. The van der Waals surface area contributed by atoms with Gasteiger partial charge in [0.15, 0.2) is 0 Å². The van der Waals surface area contributed by atoms with E-state index in [2.05, 4.69) is 25.2 Å². The lowest BCUT2D eigenvalue weighted by Gasteiger charge is -2.05. The largest absolute Gasteiger partial charge is 0.388 e. The fourth-order valence-corrected chi connectivity index (χ4v) is 0.956. The summed E-state index contributed by atoms with van der Waals surface area (Å²) in [5.74, 6) is 0.692. The van der Waals surface area contributed by atoms with Gasteiger partial charge in [-0.1, -0.05) is 41.2 Å². The highest BCUT2D eigenvalue weighted by Crippen LogP contribution is 2.10. The maximum absolute atomic E-state index is 3.32. The van der Waals surface area contributed by atoms with Gasteiger partial charge in [-0.15, -0.1) is 0 Å². The third-order valence-corrected chi connectivity index (χ3v) is 1.46. The molecule has 13 heavy (non-hydrogen) atoms. The van der Waals surface area contributed by atoms with Crippen LogP contribution in [0.5, 0.6) is 0 Å². The van der Waals surface area contributed by atoms with Gasteiger partial charge in [0, 0.05) is 20.7 Å². The maximum Gasteiger partial charge on any atom is 0.0179 e. The molecule has 0 aromatic carbocycles. The summed E-state index contributed by atoms with van der Waals surface area (Å²) < 4.78 is 0. The fourth-order valence-electron chi connectivity index (χ4n) is 0.956. The van der Waals surface area contributed by atoms with E-state index < -0.39 is 0 Å². The monoisotopic (exact) mass is 185 g/mol. The van der Waals surface area contributed by atoms with Crippen LogP contribution in [-0.4, -0.2) is 15.0 Å². The lowest BCUT2D eigenvalue weighted by atomic mass is 10.1. The van der Waals surface area contributed by atoms with Gasteiger partial charge in [0.25, 0.3) is 0 Å². The molecule has 0 aromatic rings. The highest BCUT2D eigenvalue weighted by atomic mass is 14.9. The van der Waals surface area contributed by atoms with E-state index in [0.717, 1.165) is 6.54 Å². The predicted molar refractivity (Wildman–Crippen MR) is 64.4 cm³/mol. The quantitative estimate of drug-likeness (QED) is 0.617. The van der Waals surface area contributed by atoms with Crippen LogP contribution in [-0.2, 0) is 0 Å². The Morgan fingerprint density at radius 2 is 1.77 bits per heavy atom. The Bertz CT molecular complexity index is 111. The summed E-state index contributed by atoms with van der Waals surface area (Å²) in [6.45, 7) is 9.57. The van der Waals surface area contributed by atoms with Crippen molar-refractivity contribution in [2.45, 2.75) is 41.5 Å². The SMILES string of the molecule is C.CC.CC(C)C1=CCCN1.N.[B]. The molecule has 0 unspecified atom stereocenters. The summed E-state index contributed by atoms with van der Waals surface area (Å²) in [6.07, 6.45) is 3.50. The van der Waals surface area contributed by atoms with Gasteiger partial charge in [-0.3, -0.25) is 0 Å². The highest BCUT2D eigenvalue weighted by Gasteiger charge is 2.05. The van der Waals surface area contributed by atoms with Gasteiger partial charge in [0.05, 0.1) is 0 Å². The molecule has 0 spiro atoms. The first kappa shape index (κ1) is 22.9. The molecule has 1 aliphatic heterocycles. The second-order valence-corrected chi connectivity index (χ2v) is 2.53. The number of hydrogen-bond donors (Lipinski definition) is 2. The van der Waals surface area contributed by atoms with E-state index in [1.807, 2.05) is 13.8 Å². The van der Waals surface area contributed by atoms with Crippen molar-refractivity contribution in [1.82, 2.24) is 11.5 Å². The summed E-state index contributed by atoms with van der Waals surface area (Å²) in [7, 11) is 0. The molecular formula is C10H26BN2. The van der Waals surface area contributed by atoms with Crippen molar-refractivity contribution in [2.75, 3.05) is 6.54 Å². The minimum Gasteiger partial charge on any atom is -0.388 e. The lowest BCUT2D eigenvalue weighted by molar-refractivity contribution is 0.692. The van der Waals surface area contributed by atoms with Gasteiger partial charge in [0.2, 0.25) is 0 Å². The second kappa shape index (κ2) is 14.1. The second-order valence-electron chi connectivity index (χ2n) is 2.53. The Morgan fingerprint density at radius 1 is 1.31 bits per heavy atom. The fraction of sp³-hybridized carbons (Fsp3) is 0.800. The molecule has 0 saturated carbocycles. The minimum atomic E-state index is 0. The van der Waals surface area contributed by atoms with Crippen molar-refractivity contribution in [1.29, 1.82) is 0 Å². The minimum absolute atomic E-state index is 0. The Morgan fingerprint density at radius 3 is 1.92 bits per heavy atom. The van der Waals surface area contributed by atoms with Crippen molar-refractivity contribution in [3.63, 3.8) is 0 Å². The number of allylic oxidation sites excluding steroid dienone is 1. The standard InChI is InChI=1S/C7H13N.C2H6.CH4.B.H3N/c1-6(2)7-4-3-5-8-7;1-2;;;/h4,6,8H,3,5H2,1-2H3;1-2H3;1H4;;1H3. The summed E-state index contributed by atoms with van der Waals surface area (Å²) >= 11 is 0. The van der Waals surface area contributed by atoms with Gasteiger partial charge in [-0.25, -0.2) is 0 Å². The summed E-state index contributed by atoms with van der Waals surface area (Å²) in [6, 6.07) is 0. The summed E-state index contributed by atoms with van der Waals surface area (Å²) in [5, 5.41) is 3.32. The van der Waals surface area contributed by atoms with Crippen molar-refractivity contribution in [2.24, 2.45) is 5.92 Å². The first-order chi connectivity index (χ1) is 4.80. The van der Waals surface area contributed by atoms with E-state index in [1.54, 1.807) is 0 Å². The molecule has 1 heterocycles. The molecule has 0 atom stereocenters. The van der Waals surface area contributed by atoms with Crippen LogP contribution >= 0.6 is 0 Å². The van der Waals surface area contributed by atoms with E-state index in [4.69, 9.17) is 0 Å². The molecule has 4 N–H and O–H groups in total. The van der Waals surface area contributed by atoms with Crippen molar-refractivity contribution < 1.29 is 0 Å². The Kier molecular flexibility index (Phi) is 24.9. The average molecular weight is 185 g/mol. The molecule has 0 aliphatic carbocycles. The summed E-state index contributed by atoms with van der Waals surface area (Å²) in [5.41, 5.74) is 1.42. The molecule has 3 heteroatoms. The van der Waals surface area contributed by atoms with Gasteiger partial charge >= 0.3 is 0 Å². The van der Waals surface area contributed by atoms with Crippen LogP contribution in [0.3, 0.4) is 0 Å². The van der Waals surface area contributed by atoms with Gasteiger partial charge < -0.3 is 11.5 Å². The molecule has 1 aliphatic rings. The third kappa shape index (κ3) is 9.48. The number of hydrogen-bond acceptors (Lipinski definition) is 2. The average Bonchev–Trinajstić information content (AvgIpc) is 2.42. The van der Waals surface area contributed by atoms with Crippen molar-refractivity contribution in [3.8, 4) is 0 Å². The third-order valence-electron chi connectivity index (χ3n) is 1.46. The smallest absolute Gasteiger partial charge is 0.0179 e. The molecular weight excluding hydrogens is 159 g/mol. The van der Waals surface area contributed by atoms with E-state index in [0.29, 0.717) is 5.92 Å². The normalized spacial score (nSPS) is 11.9. The van der Waals surface area contributed by atoms with Crippen LogP contribution in [0.25, 0.3) is 0 Å². The van der Waals surface area contributed by atoms with Crippen LogP contribution in [0.15, 0.2) is 11.8 Å². The van der Waals surface area contributed by atoms with Crippen molar-refractivity contribution in [3.05, 3.63) is 11.8 Å². The Hall–Kier alpha value is -0.435. The van der Waals surface area contributed by atoms with Crippen LogP contribution in [0, 0.1) is 5.92 Å². The number of rotatable bonds is 1. The van der Waals surface area contributed by atoms with Gasteiger partial charge in [-0.2, -0.15) is 0 Å². The summed E-state index contributed by atoms with van der Waals surface area (Å²) in [4.78, 5) is 0.